The smallest absolute Gasteiger partial charge is 0.176 e. The third-order valence-corrected chi connectivity index (χ3v) is 4.61. The minimum absolute atomic E-state index is 0.0220. The number of nitrogens with one attached hydrogen (secondary N) is 1. The Hall–Kier alpha value is -3.01. The molecular formula is C22H21NO3. The zero-order chi connectivity index (χ0) is 18.7. The van der Waals surface area contributed by atoms with Gasteiger partial charge in [-0.25, -0.2) is 0 Å². The third-order valence-electron chi connectivity index (χ3n) is 4.61. The monoisotopic (exact) mass is 347 g/mol. The Kier molecular flexibility index (Phi) is 5.12. The van der Waals surface area contributed by atoms with E-state index in [0.29, 0.717) is 11.3 Å². The molecule has 0 bridgehead atoms. The zero-order valence-electron chi connectivity index (χ0n) is 14.9. The van der Waals surface area contributed by atoms with E-state index in [2.05, 4.69) is 4.98 Å². The van der Waals surface area contributed by atoms with Gasteiger partial charge < -0.3 is 9.78 Å². The van der Waals surface area contributed by atoms with E-state index < -0.39 is 5.92 Å². The molecule has 4 heteroatoms. The van der Waals surface area contributed by atoms with Crippen molar-refractivity contribution in [1.82, 2.24) is 4.98 Å². The van der Waals surface area contributed by atoms with Crippen LogP contribution in [-0.4, -0.2) is 22.3 Å². The number of benzene rings is 2. The van der Waals surface area contributed by atoms with E-state index in [1.54, 1.807) is 0 Å². The van der Waals surface area contributed by atoms with E-state index in [0.717, 1.165) is 16.5 Å². The minimum Gasteiger partial charge on any atom is -0.354 e. The van der Waals surface area contributed by atoms with E-state index in [1.165, 1.54) is 13.8 Å². The van der Waals surface area contributed by atoms with Crippen LogP contribution in [0.15, 0.2) is 54.6 Å². The average molecular weight is 347 g/mol. The Bertz CT molecular complexity index is 969. The molecule has 1 N–H and O–H groups in total. The van der Waals surface area contributed by atoms with Crippen LogP contribution in [0.1, 0.15) is 37.0 Å². The minimum atomic E-state index is -0.805. The number of H-pyrrole nitrogens is 1. The van der Waals surface area contributed by atoms with Crippen LogP contribution in [0.2, 0.25) is 0 Å². The highest BCUT2D eigenvalue weighted by Crippen LogP contribution is 2.33. The molecule has 1 heterocycles. The van der Waals surface area contributed by atoms with Gasteiger partial charge in [0, 0.05) is 17.3 Å². The number of aromatic amines is 1. The molecule has 132 valence electrons. The number of fused-ring (bicyclic) bond motifs is 1. The number of rotatable bonds is 7. The zero-order valence-corrected chi connectivity index (χ0v) is 14.9. The lowest BCUT2D eigenvalue weighted by molar-refractivity contribution is -0.120. The Morgan fingerprint density at radius 3 is 2.23 bits per heavy atom. The summed E-state index contributed by atoms with van der Waals surface area (Å²) in [6, 6.07) is 17.2. The molecule has 0 aliphatic rings. The second kappa shape index (κ2) is 7.48. The van der Waals surface area contributed by atoms with Gasteiger partial charge in [-0.1, -0.05) is 48.5 Å². The number of aromatic nitrogens is 1. The summed E-state index contributed by atoms with van der Waals surface area (Å²) in [7, 11) is 0. The predicted octanol–water partition coefficient (Wildman–Crippen LogP) is 4.59. The molecule has 1 unspecified atom stereocenters. The number of carbonyl (C=O) groups is 3. The van der Waals surface area contributed by atoms with Crippen molar-refractivity contribution in [2.45, 2.75) is 26.7 Å². The second-order valence-corrected chi connectivity index (χ2v) is 6.55. The summed E-state index contributed by atoms with van der Waals surface area (Å²) in [4.78, 5) is 40.1. The van der Waals surface area contributed by atoms with Crippen LogP contribution in [-0.2, 0) is 9.59 Å². The topological polar surface area (TPSA) is 67.0 Å². The summed E-state index contributed by atoms with van der Waals surface area (Å²) in [5.41, 5.74) is 2.98. The lowest BCUT2D eigenvalue weighted by atomic mass is 9.87. The summed E-state index contributed by atoms with van der Waals surface area (Å²) in [5, 5.41) is 0.797. The van der Waals surface area contributed by atoms with Crippen molar-refractivity contribution in [2.24, 2.45) is 5.92 Å². The van der Waals surface area contributed by atoms with Crippen LogP contribution in [0.5, 0.6) is 0 Å². The van der Waals surface area contributed by atoms with Gasteiger partial charge in [-0.2, -0.15) is 0 Å². The van der Waals surface area contributed by atoms with Gasteiger partial charge in [0.1, 0.15) is 11.6 Å². The van der Waals surface area contributed by atoms with Crippen molar-refractivity contribution in [3.05, 3.63) is 60.2 Å². The van der Waals surface area contributed by atoms with Gasteiger partial charge in [-0.05, 0) is 31.9 Å². The van der Waals surface area contributed by atoms with Gasteiger partial charge in [0.05, 0.1) is 17.2 Å². The quantitative estimate of drug-likeness (QED) is 0.502. The van der Waals surface area contributed by atoms with E-state index in [4.69, 9.17) is 0 Å². The molecule has 3 aromatic rings. The van der Waals surface area contributed by atoms with Crippen molar-refractivity contribution in [3.8, 4) is 11.3 Å². The molecule has 0 fully saturated rings. The first-order chi connectivity index (χ1) is 12.5. The molecule has 2 aromatic carbocycles. The standard InChI is InChI=1S/C22H21NO3/c1-14(24)12-13-17(15(2)25)22(26)20-18-10-6-7-11-19(18)23-21(20)16-8-4-3-5-9-16/h3-11,17,23H,12-13H2,1-2H3. The number of para-hydroxylation sites is 1. The number of hydrogen-bond acceptors (Lipinski definition) is 3. The third kappa shape index (κ3) is 3.49. The van der Waals surface area contributed by atoms with Crippen molar-refractivity contribution < 1.29 is 14.4 Å². The molecule has 26 heavy (non-hydrogen) atoms. The summed E-state index contributed by atoms with van der Waals surface area (Å²) >= 11 is 0. The molecule has 0 saturated heterocycles. The van der Waals surface area contributed by atoms with E-state index in [-0.39, 0.29) is 30.2 Å². The van der Waals surface area contributed by atoms with Crippen molar-refractivity contribution in [2.75, 3.05) is 0 Å². The summed E-state index contributed by atoms with van der Waals surface area (Å²) in [6.07, 6.45) is 0.469. The number of ketones is 3. The summed E-state index contributed by atoms with van der Waals surface area (Å²) in [5.74, 6) is -1.26. The number of hydrogen-bond donors (Lipinski definition) is 1. The lowest BCUT2D eigenvalue weighted by Gasteiger charge is -2.13. The van der Waals surface area contributed by atoms with Gasteiger partial charge >= 0.3 is 0 Å². The Labute approximate surface area is 152 Å². The van der Waals surface area contributed by atoms with Gasteiger partial charge in [0.15, 0.2) is 5.78 Å². The van der Waals surface area contributed by atoms with E-state index >= 15 is 0 Å². The molecule has 0 radical (unpaired) electrons. The fourth-order valence-electron chi connectivity index (χ4n) is 3.26. The first-order valence-corrected chi connectivity index (χ1v) is 8.69. The summed E-state index contributed by atoms with van der Waals surface area (Å²) < 4.78 is 0. The molecule has 4 nitrogen and oxygen atoms in total. The van der Waals surface area contributed by atoms with Gasteiger partial charge in [-0.15, -0.1) is 0 Å². The molecule has 1 atom stereocenters. The van der Waals surface area contributed by atoms with Gasteiger partial charge in [0.25, 0.3) is 0 Å². The first kappa shape index (κ1) is 17.8. The Balaban J connectivity index is 2.14. The van der Waals surface area contributed by atoms with Crippen LogP contribution >= 0.6 is 0 Å². The summed E-state index contributed by atoms with van der Waals surface area (Å²) in [6.45, 7) is 2.89. The fourth-order valence-corrected chi connectivity index (χ4v) is 3.26. The first-order valence-electron chi connectivity index (χ1n) is 8.69. The SMILES string of the molecule is CC(=O)CCC(C(C)=O)C(=O)c1c(-c2ccccc2)[nH]c2ccccc12. The van der Waals surface area contributed by atoms with Crippen molar-refractivity contribution in [3.63, 3.8) is 0 Å². The maximum absolute atomic E-state index is 13.3. The molecule has 0 aliphatic heterocycles. The second-order valence-electron chi connectivity index (χ2n) is 6.55. The van der Waals surface area contributed by atoms with Crippen molar-refractivity contribution >= 4 is 28.3 Å². The number of carbonyl (C=O) groups excluding carboxylic acids is 3. The Morgan fingerprint density at radius 1 is 0.923 bits per heavy atom. The maximum Gasteiger partial charge on any atom is 0.176 e. The molecule has 0 amide bonds. The largest absolute Gasteiger partial charge is 0.354 e. The molecule has 0 aliphatic carbocycles. The van der Waals surface area contributed by atoms with Crippen LogP contribution < -0.4 is 0 Å². The maximum atomic E-state index is 13.3. The normalized spacial score (nSPS) is 12.1. The van der Waals surface area contributed by atoms with Crippen LogP contribution in [0.3, 0.4) is 0 Å². The van der Waals surface area contributed by atoms with E-state index in [9.17, 15) is 14.4 Å². The van der Waals surface area contributed by atoms with Crippen LogP contribution in [0.4, 0.5) is 0 Å². The number of Topliss-reactive ketones (excluding diaryl/α,β-unsaturated/α-hetero) is 3. The molecule has 1 aromatic heterocycles. The highest BCUT2D eigenvalue weighted by molar-refractivity contribution is 6.19. The molecule has 0 spiro atoms. The van der Waals surface area contributed by atoms with Crippen LogP contribution in [0, 0.1) is 5.92 Å². The highest BCUT2D eigenvalue weighted by atomic mass is 16.2. The molecule has 0 saturated carbocycles. The molecular weight excluding hydrogens is 326 g/mol. The predicted molar refractivity (Wildman–Crippen MR) is 102 cm³/mol. The van der Waals surface area contributed by atoms with E-state index in [1.807, 2.05) is 54.6 Å². The van der Waals surface area contributed by atoms with Crippen LogP contribution in [0.25, 0.3) is 22.2 Å². The van der Waals surface area contributed by atoms with Gasteiger partial charge in [-0.3, -0.25) is 9.59 Å². The molecule has 3 rings (SSSR count). The Morgan fingerprint density at radius 2 is 1.58 bits per heavy atom. The highest BCUT2D eigenvalue weighted by Gasteiger charge is 2.29. The lowest BCUT2D eigenvalue weighted by Crippen LogP contribution is -2.23. The fraction of sp³-hybridized carbons (Fsp3) is 0.227. The van der Waals surface area contributed by atoms with Gasteiger partial charge in [0.2, 0.25) is 0 Å². The van der Waals surface area contributed by atoms with Crippen molar-refractivity contribution in [1.29, 1.82) is 0 Å². The average Bonchev–Trinajstić information content (AvgIpc) is 3.01.